The number of benzene rings is 1. The summed E-state index contributed by atoms with van der Waals surface area (Å²) in [5.74, 6) is 0. The van der Waals surface area contributed by atoms with Crippen molar-refractivity contribution in [2.24, 2.45) is 0 Å². The average molecular weight is 250 g/mol. The predicted molar refractivity (Wildman–Crippen MR) is 74.6 cm³/mol. The van der Waals surface area contributed by atoms with Gasteiger partial charge in [-0.2, -0.15) is 0 Å². The van der Waals surface area contributed by atoms with E-state index >= 15 is 0 Å². The molecule has 3 heteroatoms. The van der Waals surface area contributed by atoms with Gasteiger partial charge in [0.25, 0.3) is 0 Å². The second kappa shape index (κ2) is 6.34. The van der Waals surface area contributed by atoms with E-state index in [1.54, 1.807) is 7.87 Å². The molecule has 0 amide bonds. The van der Waals surface area contributed by atoms with Crippen molar-refractivity contribution in [2.75, 3.05) is 6.16 Å². The lowest BCUT2D eigenvalue weighted by Gasteiger charge is -1.99. The summed E-state index contributed by atoms with van der Waals surface area (Å²) in [7, 11) is 4.55. The molecule has 2 rings (SSSR count). The van der Waals surface area contributed by atoms with Gasteiger partial charge in [-0.25, -0.2) is 0 Å². The summed E-state index contributed by atoms with van der Waals surface area (Å²) >= 11 is 0. The molecule has 0 unspecified atom stereocenters. The molecule has 0 aromatic heterocycles. The first-order valence-corrected chi connectivity index (χ1v) is 9.41. The zero-order valence-corrected chi connectivity index (χ0v) is 11.2. The van der Waals surface area contributed by atoms with Gasteiger partial charge in [0.1, 0.15) is 0 Å². The van der Waals surface area contributed by atoms with Gasteiger partial charge in [-0.3, -0.25) is 0 Å². The van der Waals surface area contributed by atoms with E-state index < -0.39 is 0 Å². The van der Waals surface area contributed by atoms with E-state index in [9.17, 15) is 0 Å². The third kappa shape index (κ3) is 3.66. The number of rotatable bonds is 1. The van der Waals surface area contributed by atoms with Crippen LogP contribution in [-0.4, -0.2) is 11.5 Å². The molecule has 0 atom stereocenters. The normalized spacial score (nSPS) is 24.1. The summed E-state index contributed by atoms with van der Waals surface area (Å²) in [5.41, 5.74) is 1.38. The third-order valence-corrected chi connectivity index (χ3v) is 7.38. The summed E-state index contributed by atoms with van der Waals surface area (Å²) in [5, 5.41) is 1.46. The molecule has 0 aliphatic carbocycles. The molecular formula is C12H13P3. The molecule has 1 aliphatic heterocycles. The maximum absolute atomic E-state index is 2.33. The Morgan fingerprint density at radius 2 is 1.93 bits per heavy atom. The first-order valence-electron chi connectivity index (χ1n) is 5.13. The molecule has 0 fully saturated rings. The van der Waals surface area contributed by atoms with Crippen LogP contribution in [0.4, 0.5) is 0 Å². The highest BCUT2D eigenvalue weighted by Crippen LogP contribution is 2.33. The van der Waals surface area contributed by atoms with Crippen LogP contribution in [0.2, 0.25) is 0 Å². The number of hydrogen-bond donors (Lipinski definition) is 0. The second-order valence-electron chi connectivity index (χ2n) is 3.35. The fraction of sp³-hybridized carbons (Fsp3) is 0.250. The second-order valence-corrected chi connectivity index (χ2v) is 8.54. The van der Waals surface area contributed by atoms with Crippen LogP contribution in [0.15, 0.2) is 42.5 Å². The van der Waals surface area contributed by atoms with Gasteiger partial charge in [0.2, 0.25) is 0 Å². The highest BCUT2D eigenvalue weighted by atomic mass is 32.2. The summed E-state index contributed by atoms with van der Waals surface area (Å²) in [6.45, 7) is 0. The van der Waals surface area contributed by atoms with E-state index in [1.807, 2.05) is 0 Å². The van der Waals surface area contributed by atoms with Crippen LogP contribution in [0.3, 0.4) is 0 Å². The fourth-order valence-corrected chi connectivity index (χ4v) is 6.36. The average Bonchev–Trinajstić information content (AvgIpc) is 2.43. The molecule has 0 saturated heterocycles. The fourth-order valence-electron chi connectivity index (χ4n) is 1.40. The lowest BCUT2D eigenvalue weighted by atomic mass is 10.1. The minimum absolute atomic E-state index is 1.23. The molecule has 76 valence electrons. The molecule has 0 saturated carbocycles. The Bertz CT molecular complexity index is 391. The molecule has 0 spiro atoms. The zero-order chi connectivity index (χ0) is 10.3. The molecule has 1 aromatic rings. The van der Waals surface area contributed by atoms with E-state index in [-0.39, 0.29) is 0 Å². The van der Waals surface area contributed by atoms with Crippen molar-refractivity contribution in [2.45, 2.75) is 12.8 Å². The van der Waals surface area contributed by atoms with Crippen LogP contribution >= 0.6 is 23.3 Å². The monoisotopic (exact) mass is 250 g/mol. The molecule has 1 aromatic carbocycles. The molecule has 0 N–H and O–H groups in total. The maximum atomic E-state index is 2.33. The zero-order valence-electron chi connectivity index (χ0n) is 8.50. The van der Waals surface area contributed by atoms with Crippen LogP contribution in [0.25, 0.3) is 0 Å². The van der Waals surface area contributed by atoms with E-state index in [4.69, 9.17) is 0 Å². The maximum Gasteiger partial charge on any atom is 0.0136 e. The van der Waals surface area contributed by atoms with Crippen LogP contribution in [-0.2, 0) is 0 Å². The largest absolute Gasteiger partial charge is 0.0835 e. The first kappa shape index (κ1) is 11.2. The standard InChI is InChI=1S/C12H13P3/c1-3-7-11(8-4-1)12-9-5-2-6-10-13-15-14-12/h1,3-5,7-9H,2,6,10H2/b9-5-. The lowest BCUT2D eigenvalue weighted by Crippen LogP contribution is -1.91. The molecule has 15 heavy (non-hydrogen) atoms. The molecule has 0 nitrogen and oxygen atoms in total. The van der Waals surface area contributed by atoms with Crippen LogP contribution < -0.4 is 0 Å². The minimum atomic E-state index is 1.23. The van der Waals surface area contributed by atoms with E-state index in [0.29, 0.717) is 0 Å². The van der Waals surface area contributed by atoms with Gasteiger partial charge in [0, 0.05) is 5.29 Å². The summed E-state index contributed by atoms with van der Waals surface area (Å²) < 4.78 is 0. The van der Waals surface area contributed by atoms with Crippen LogP contribution in [0.1, 0.15) is 18.4 Å². The van der Waals surface area contributed by atoms with Gasteiger partial charge in [-0.15, -0.1) is 0 Å². The minimum Gasteiger partial charge on any atom is -0.0835 e. The summed E-state index contributed by atoms with van der Waals surface area (Å²) in [6.07, 6.45) is 8.55. The van der Waals surface area contributed by atoms with Crippen LogP contribution in [0, 0.1) is 0 Å². The highest BCUT2D eigenvalue weighted by molar-refractivity contribution is 8.24. The Labute approximate surface area is 95.9 Å². The van der Waals surface area contributed by atoms with Gasteiger partial charge < -0.3 is 0 Å². The van der Waals surface area contributed by atoms with Crippen molar-refractivity contribution in [3.63, 3.8) is 0 Å². The van der Waals surface area contributed by atoms with Crippen molar-refractivity contribution in [1.29, 1.82) is 0 Å². The third-order valence-electron chi connectivity index (χ3n) is 2.19. The molecule has 1 aliphatic rings. The summed E-state index contributed by atoms with van der Waals surface area (Å²) in [4.78, 5) is 0. The smallest absolute Gasteiger partial charge is 0.0136 e. The van der Waals surface area contributed by atoms with Crippen molar-refractivity contribution in [3.8, 4) is 0 Å². The molecular weight excluding hydrogens is 237 g/mol. The van der Waals surface area contributed by atoms with E-state index in [2.05, 4.69) is 42.5 Å². The molecule has 0 bridgehead atoms. The Morgan fingerprint density at radius 1 is 1.07 bits per heavy atom. The van der Waals surface area contributed by atoms with Crippen molar-refractivity contribution < 1.29 is 0 Å². The quantitative estimate of drug-likeness (QED) is 0.599. The first-order chi connectivity index (χ1) is 7.47. The van der Waals surface area contributed by atoms with Crippen LogP contribution in [0.5, 0.6) is 0 Å². The SMILES string of the molecule is C1=C/C(c2ccccc2)=P/P=P\CCC\1. The van der Waals surface area contributed by atoms with Crippen molar-refractivity contribution in [1.82, 2.24) is 0 Å². The summed E-state index contributed by atoms with van der Waals surface area (Å²) in [6, 6.07) is 10.7. The van der Waals surface area contributed by atoms with E-state index in [1.165, 1.54) is 45.3 Å². The van der Waals surface area contributed by atoms with Gasteiger partial charge in [0.15, 0.2) is 0 Å². The van der Waals surface area contributed by atoms with Crippen molar-refractivity contribution in [3.05, 3.63) is 48.0 Å². The predicted octanol–water partition coefficient (Wildman–Crippen LogP) is 5.23. The Morgan fingerprint density at radius 3 is 2.80 bits per heavy atom. The Kier molecular flexibility index (Phi) is 4.75. The molecule has 0 radical (unpaired) electrons. The van der Waals surface area contributed by atoms with Crippen molar-refractivity contribution >= 4 is 28.6 Å². The number of hydrogen-bond acceptors (Lipinski definition) is 0. The highest BCUT2D eigenvalue weighted by Gasteiger charge is 1.97. The van der Waals surface area contributed by atoms with Gasteiger partial charge >= 0.3 is 0 Å². The molecule has 1 heterocycles. The van der Waals surface area contributed by atoms with Gasteiger partial charge in [-0.05, 0) is 40.0 Å². The number of allylic oxidation sites excluding steroid dienone is 2. The van der Waals surface area contributed by atoms with Gasteiger partial charge in [-0.1, -0.05) is 50.4 Å². The Hall–Kier alpha value is -0.270. The van der Waals surface area contributed by atoms with E-state index in [0.717, 1.165) is 0 Å². The lowest BCUT2D eigenvalue weighted by molar-refractivity contribution is 0.973. The Balaban J connectivity index is 2.29. The topological polar surface area (TPSA) is 0 Å². The van der Waals surface area contributed by atoms with Gasteiger partial charge in [0.05, 0.1) is 0 Å².